The van der Waals surface area contributed by atoms with Crippen LogP contribution in [0.15, 0.2) is 53.2 Å². The molecule has 2 aromatic heterocycles. The number of Topliss-reactive ketones (excluding diaryl/α,β-unsaturated/α-hetero) is 1. The first-order chi connectivity index (χ1) is 27.3. The topological polar surface area (TPSA) is 205 Å². The van der Waals surface area contributed by atoms with E-state index in [4.69, 9.17) is 28.5 Å². The molecule has 12 atom stereocenters. The summed E-state index contributed by atoms with van der Waals surface area (Å²) in [7, 11) is 3.70. The highest BCUT2D eigenvalue weighted by Crippen LogP contribution is 2.42. The van der Waals surface area contributed by atoms with Crippen LogP contribution in [0, 0.1) is 17.8 Å². The number of likely N-dealkylation sites (N-methyl/N-ethyl adjacent to an activating group) is 1. The van der Waals surface area contributed by atoms with Gasteiger partial charge in [0.2, 0.25) is 5.91 Å². The number of aliphatic hydroxyl groups is 2. The number of nitrogens with zero attached hydrogens (tertiary/aromatic N) is 5. The molecule has 2 bridgehead atoms. The highest BCUT2D eigenvalue weighted by Gasteiger charge is 2.54. The Kier molecular flexibility index (Phi) is 14.0. The zero-order valence-corrected chi connectivity index (χ0v) is 35.4. The molecule has 3 aliphatic rings. The molecule has 58 heavy (non-hydrogen) atoms. The van der Waals surface area contributed by atoms with E-state index < -0.39 is 77.5 Å². The lowest BCUT2D eigenvalue weighted by molar-refractivity contribution is -0.292. The highest BCUT2D eigenvalue weighted by atomic mass is 16.8. The number of oxime groups is 1. The van der Waals surface area contributed by atoms with Gasteiger partial charge in [0, 0.05) is 54.7 Å². The van der Waals surface area contributed by atoms with Gasteiger partial charge in [-0.2, -0.15) is 5.10 Å². The molecular weight excluding hydrogens is 752 g/mol. The quantitative estimate of drug-likeness (QED) is 0.189. The molecule has 0 spiro atoms. The molecule has 0 aliphatic carbocycles. The van der Waals surface area contributed by atoms with Gasteiger partial charge in [-0.15, -0.1) is 0 Å². The summed E-state index contributed by atoms with van der Waals surface area (Å²) in [6.07, 6.45) is -1.15. The minimum Gasteiger partial charge on any atom is -0.459 e. The third-order valence-electron chi connectivity index (χ3n) is 11.4. The summed E-state index contributed by atoms with van der Waals surface area (Å²) in [6, 6.07) is 5.01. The molecule has 0 saturated carbocycles. The highest BCUT2D eigenvalue weighted by molar-refractivity contribution is 6.00. The van der Waals surface area contributed by atoms with Crippen LogP contribution in [0.2, 0.25) is 0 Å². The van der Waals surface area contributed by atoms with Crippen LogP contribution < -0.4 is 5.32 Å². The molecular formula is C41H60N6O11. The molecule has 2 saturated heterocycles. The van der Waals surface area contributed by atoms with Crippen molar-refractivity contribution in [3.63, 3.8) is 0 Å². The summed E-state index contributed by atoms with van der Waals surface area (Å²) in [6.45, 7) is 14.7. The number of rotatable bonds is 9. The summed E-state index contributed by atoms with van der Waals surface area (Å²) in [4.78, 5) is 53.2. The van der Waals surface area contributed by atoms with Crippen molar-refractivity contribution in [3.05, 3.63) is 53.6 Å². The fraction of sp³-hybridized carbons (Fsp3) is 0.659. The van der Waals surface area contributed by atoms with E-state index in [1.165, 1.54) is 20.8 Å². The van der Waals surface area contributed by atoms with Gasteiger partial charge in [-0.1, -0.05) is 26.8 Å². The molecule has 17 nitrogen and oxygen atoms in total. The number of carbonyl (C=O) groups is 3. The van der Waals surface area contributed by atoms with Crippen molar-refractivity contribution in [2.75, 3.05) is 14.1 Å². The van der Waals surface area contributed by atoms with E-state index in [1.54, 1.807) is 69.2 Å². The molecule has 320 valence electrons. The van der Waals surface area contributed by atoms with E-state index in [9.17, 15) is 24.6 Å². The van der Waals surface area contributed by atoms with Gasteiger partial charge in [0.1, 0.15) is 42.0 Å². The van der Waals surface area contributed by atoms with Crippen LogP contribution in [0.25, 0.3) is 5.82 Å². The van der Waals surface area contributed by atoms with E-state index in [-0.39, 0.29) is 37.5 Å². The van der Waals surface area contributed by atoms with Gasteiger partial charge >= 0.3 is 12.1 Å². The number of amides is 1. The van der Waals surface area contributed by atoms with Crippen LogP contribution in [0.5, 0.6) is 0 Å². The number of nitrogens with one attached hydrogen (secondary N) is 1. The second-order valence-corrected chi connectivity index (χ2v) is 16.5. The fourth-order valence-electron chi connectivity index (χ4n) is 8.36. The SMILES string of the molecule is CC[C@H]1OC(=O)[C@H](C)C(=O)[C@H](C)[C@@H](O[C@@H]2O[C@H](C)C[C@H](N(C)C)[C@H]2O)[C@@]2(C)C[C@@H](C)C(NC(C)=O)=C(C)[C@@H](OC(=NOCc3ccc(-n4cccn4)nc3)O2)[C@]1(C)O. The molecule has 2 fully saturated rings. The number of ketones is 1. The van der Waals surface area contributed by atoms with E-state index >= 15 is 0 Å². The van der Waals surface area contributed by atoms with Crippen molar-refractivity contribution in [1.29, 1.82) is 0 Å². The predicted octanol–water partition coefficient (Wildman–Crippen LogP) is 3.40. The molecule has 5 heterocycles. The van der Waals surface area contributed by atoms with E-state index in [1.807, 2.05) is 32.8 Å². The second kappa shape index (κ2) is 18.2. The molecule has 5 rings (SSSR count). The summed E-state index contributed by atoms with van der Waals surface area (Å²) in [5.74, 6) is -4.05. The molecule has 1 amide bonds. The van der Waals surface area contributed by atoms with Crippen molar-refractivity contribution in [1.82, 2.24) is 25.0 Å². The molecule has 0 radical (unpaired) electrons. The summed E-state index contributed by atoms with van der Waals surface area (Å²) >= 11 is 0. The standard InChI is InChI=1S/C41H60N6O11/c1-12-30-41(9,52)36-24(4)32(44-27(7)48)22(2)19-40(8,58-39(57-36)45-53-21-28-14-15-31(42-20-28)47-17-13-16-43-47)35(25(5)33(49)26(6)37(51)55-30)56-38-34(50)29(46(10)11)18-23(3)54-38/h13-17,20,22-23,25-26,29-30,34-36,38,50,52H,12,18-19,21H2,1-11H3,(H,44,48)/t22-,23-,25+,26-,29+,30-,34-,35-,36-,38+,40-,41-/m1/s1. The summed E-state index contributed by atoms with van der Waals surface area (Å²) in [5, 5.41) is 35.5. The largest absolute Gasteiger partial charge is 0.459 e. The Morgan fingerprint density at radius 3 is 2.48 bits per heavy atom. The van der Waals surface area contributed by atoms with E-state index in [0.29, 0.717) is 29.1 Å². The van der Waals surface area contributed by atoms with Crippen LogP contribution in [-0.4, -0.2) is 122 Å². The Balaban J connectivity index is 1.67. The fourth-order valence-corrected chi connectivity index (χ4v) is 8.36. The predicted molar refractivity (Wildman–Crippen MR) is 210 cm³/mol. The maximum atomic E-state index is 14.4. The zero-order chi connectivity index (χ0) is 42.7. The number of aliphatic hydroxyl groups excluding tert-OH is 1. The third-order valence-corrected chi connectivity index (χ3v) is 11.4. The van der Waals surface area contributed by atoms with Gasteiger partial charge in [-0.3, -0.25) is 14.4 Å². The Hall–Kier alpha value is -4.42. The lowest BCUT2D eigenvalue weighted by Crippen LogP contribution is -2.59. The zero-order valence-electron chi connectivity index (χ0n) is 35.4. The van der Waals surface area contributed by atoms with E-state index in [2.05, 4.69) is 20.6 Å². The van der Waals surface area contributed by atoms with Crippen molar-refractivity contribution in [2.24, 2.45) is 22.9 Å². The van der Waals surface area contributed by atoms with Crippen molar-refractivity contribution < 1.29 is 53.1 Å². The van der Waals surface area contributed by atoms with Crippen LogP contribution in [-0.2, 0) is 49.5 Å². The number of ether oxygens (including phenoxy) is 5. The molecule has 3 aliphatic heterocycles. The van der Waals surface area contributed by atoms with Gasteiger partial charge in [0.15, 0.2) is 24.0 Å². The maximum Gasteiger partial charge on any atom is 0.423 e. The van der Waals surface area contributed by atoms with Crippen LogP contribution >= 0.6 is 0 Å². The van der Waals surface area contributed by atoms with Gasteiger partial charge in [0.05, 0.1) is 6.10 Å². The molecule has 0 aromatic carbocycles. The molecule has 3 N–H and O–H groups in total. The van der Waals surface area contributed by atoms with Crippen LogP contribution in [0.1, 0.15) is 87.1 Å². The Labute approximate surface area is 340 Å². The van der Waals surface area contributed by atoms with E-state index in [0.717, 1.165) is 0 Å². The Bertz CT molecular complexity index is 1820. The minimum absolute atomic E-state index is 0.0732. The number of pyridine rings is 1. The Morgan fingerprint density at radius 2 is 1.88 bits per heavy atom. The summed E-state index contributed by atoms with van der Waals surface area (Å²) < 4.78 is 33.8. The number of esters is 1. The number of aromatic nitrogens is 3. The molecule has 2 aromatic rings. The lowest BCUT2D eigenvalue weighted by atomic mass is 9.76. The number of cyclic esters (lactones) is 1. The monoisotopic (exact) mass is 812 g/mol. The van der Waals surface area contributed by atoms with Crippen LogP contribution in [0.3, 0.4) is 0 Å². The first-order valence-electron chi connectivity index (χ1n) is 19.9. The van der Waals surface area contributed by atoms with Gasteiger partial charge in [-0.25, -0.2) is 9.67 Å². The second-order valence-electron chi connectivity index (χ2n) is 16.5. The van der Waals surface area contributed by atoms with Crippen molar-refractivity contribution >= 4 is 23.7 Å². The normalized spacial score (nSPS) is 35.8. The lowest BCUT2D eigenvalue weighted by Gasteiger charge is -2.46. The molecule has 0 unspecified atom stereocenters. The summed E-state index contributed by atoms with van der Waals surface area (Å²) in [5.41, 5.74) is -2.09. The van der Waals surface area contributed by atoms with Crippen molar-refractivity contribution in [2.45, 2.75) is 142 Å². The Morgan fingerprint density at radius 1 is 1.16 bits per heavy atom. The number of fused-ring (bicyclic) bond motifs is 4. The number of hydrogen-bond donors (Lipinski definition) is 3. The first-order valence-corrected chi connectivity index (χ1v) is 19.9. The van der Waals surface area contributed by atoms with Gasteiger partial charge < -0.3 is 49.0 Å². The minimum atomic E-state index is -1.98. The molecule has 17 heteroatoms. The van der Waals surface area contributed by atoms with Crippen LogP contribution in [0.4, 0.5) is 0 Å². The smallest absolute Gasteiger partial charge is 0.423 e. The average molecular weight is 813 g/mol. The average Bonchev–Trinajstić information content (AvgIpc) is 3.72. The maximum absolute atomic E-state index is 14.4. The third kappa shape index (κ3) is 9.71. The van der Waals surface area contributed by atoms with Gasteiger partial charge in [-0.05, 0) is 90.8 Å². The number of carbonyl (C=O) groups excluding carboxylic acids is 3. The number of allylic oxidation sites excluding steroid dienone is 1. The first kappa shape index (κ1) is 44.7. The number of hydrogen-bond acceptors (Lipinski definition) is 15. The van der Waals surface area contributed by atoms with Crippen molar-refractivity contribution in [3.8, 4) is 5.82 Å². The van der Waals surface area contributed by atoms with Gasteiger partial charge in [0.25, 0.3) is 0 Å².